The van der Waals surface area contributed by atoms with Crippen LogP contribution in [0.2, 0.25) is 0 Å². The fraction of sp³-hybridized carbons (Fsp3) is 0.348. The molecule has 2 heterocycles. The number of carbonyl (C=O) groups is 1. The fourth-order valence-electron chi connectivity index (χ4n) is 3.42. The van der Waals surface area contributed by atoms with Gasteiger partial charge in [0.15, 0.2) is 0 Å². The number of hydrogen-bond donors (Lipinski definition) is 2. The van der Waals surface area contributed by atoms with Crippen molar-refractivity contribution in [1.82, 2.24) is 19.9 Å². The Bertz CT molecular complexity index is 1140. The normalized spacial score (nSPS) is 17.7. The van der Waals surface area contributed by atoms with E-state index in [1.807, 2.05) is 37.5 Å². The maximum absolute atomic E-state index is 12.4. The van der Waals surface area contributed by atoms with Crippen molar-refractivity contribution in [2.75, 3.05) is 12.4 Å². The Morgan fingerprint density at radius 3 is 2.76 bits per heavy atom. The van der Waals surface area contributed by atoms with Gasteiger partial charge in [-0.05, 0) is 44.4 Å². The summed E-state index contributed by atoms with van der Waals surface area (Å²) in [6, 6.07) is 8.01. The number of amides is 1. The average molecular weight is 387 g/mol. The van der Waals surface area contributed by atoms with Crippen molar-refractivity contribution in [2.45, 2.75) is 39.3 Å². The van der Waals surface area contributed by atoms with Gasteiger partial charge in [0.25, 0.3) is 5.91 Å². The van der Waals surface area contributed by atoms with Crippen LogP contribution in [-0.4, -0.2) is 33.5 Å². The van der Waals surface area contributed by atoms with E-state index >= 15 is 0 Å². The van der Waals surface area contributed by atoms with E-state index in [0.29, 0.717) is 17.5 Å². The first kappa shape index (κ1) is 19.0. The van der Waals surface area contributed by atoms with Crippen LogP contribution in [0.1, 0.15) is 54.7 Å². The number of carbonyl (C=O) groups excluding carboxylic acids is 1. The lowest BCUT2D eigenvalue weighted by atomic mass is 10.1. The van der Waals surface area contributed by atoms with Crippen LogP contribution in [0.4, 0.5) is 5.82 Å². The number of nitrogens with zero attached hydrogens (tertiary/aromatic N) is 3. The first-order chi connectivity index (χ1) is 14.0. The van der Waals surface area contributed by atoms with Crippen LogP contribution in [-0.2, 0) is 0 Å². The van der Waals surface area contributed by atoms with Gasteiger partial charge < -0.3 is 15.2 Å². The lowest BCUT2D eigenvalue weighted by molar-refractivity contribution is 0.0949. The van der Waals surface area contributed by atoms with Crippen LogP contribution in [0.3, 0.4) is 0 Å². The van der Waals surface area contributed by atoms with Crippen molar-refractivity contribution >= 4 is 22.8 Å². The van der Waals surface area contributed by atoms with E-state index in [9.17, 15) is 4.79 Å². The minimum atomic E-state index is -0.0368. The molecule has 0 radical (unpaired) electrons. The molecule has 2 N–H and O–H groups in total. The summed E-state index contributed by atoms with van der Waals surface area (Å²) in [5, 5.41) is 7.10. The molecular weight excluding hydrogens is 362 g/mol. The fourth-order valence-corrected chi connectivity index (χ4v) is 3.42. The minimum absolute atomic E-state index is 0.0368. The van der Waals surface area contributed by atoms with Gasteiger partial charge in [0.1, 0.15) is 17.8 Å². The number of hydrogen-bond acceptors (Lipinski definition) is 4. The van der Waals surface area contributed by atoms with Gasteiger partial charge in [0, 0.05) is 36.5 Å². The van der Waals surface area contributed by atoms with E-state index in [-0.39, 0.29) is 11.9 Å². The Balaban J connectivity index is 1.68. The van der Waals surface area contributed by atoms with Crippen LogP contribution >= 0.6 is 0 Å². The number of benzene rings is 1. The zero-order chi connectivity index (χ0) is 20.5. The van der Waals surface area contributed by atoms with E-state index in [1.165, 1.54) is 0 Å². The predicted molar refractivity (Wildman–Crippen MR) is 115 cm³/mol. The highest BCUT2D eigenvalue weighted by Gasteiger charge is 2.33. The predicted octanol–water partition coefficient (Wildman–Crippen LogP) is 3.59. The molecular formula is C23H25N5O. The van der Waals surface area contributed by atoms with Crippen LogP contribution in [0.5, 0.6) is 0 Å². The molecule has 3 aromatic rings. The van der Waals surface area contributed by atoms with Crippen molar-refractivity contribution in [2.24, 2.45) is 5.92 Å². The lowest BCUT2D eigenvalue weighted by Crippen LogP contribution is -2.26. The summed E-state index contributed by atoms with van der Waals surface area (Å²) < 4.78 is 2.10. The molecule has 2 atom stereocenters. The molecule has 4 rings (SSSR count). The van der Waals surface area contributed by atoms with Crippen LogP contribution in [0, 0.1) is 17.8 Å². The number of rotatable bonds is 4. The Morgan fingerprint density at radius 1 is 1.28 bits per heavy atom. The number of aromatic nitrogens is 3. The van der Waals surface area contributed by atoms with Gasteiger partial charge in [-0.2, -0.15) is 0 Å². The average Bonchev–Trinajstić information content (AvgIpc) is 3.27. The Morgan fingerprint density at radius 2 is 2.07 bits per heavy atom. The van der Waals surface area contributed by atoms with Crippen molar-refractivity contribution in [1.29, 1.82) is 0 Å². The second-order valence-corrected chi connectivity index (χ2v) is 7.84. The molecule has 1 amide bonds. The molecule has 1 aromatic carbocycles. The summed E-state index contributed by atoms with van der Waals surface area (Å²) in [6.45, 7) is 6.37. The van der Waals surface area contributed by atoms with E-state index in [4.69, 9.17) is 0 Å². The second-order valence-electron chi connectivity index (χ2n) is 7.84. The summed E-state index contributed by atoms with van der Waals surface area (Å²) in [5.74, 6) is 7.75. The molecule has 0 saturated heterocycles. The Labute approximate surface area is 170 Å². The molecule has 0 spiro atoms. The monoisotopic (exact) mass is 387 g/mol. The molecule has 0 aliphatic heterocycles. The molecule has 0 bridgehead atoms. The van der Waals surface area contributed by atoms with Gasteiger partial charge in [-0.3, -0.25) is 4.79 Å². The van der Waals surface area contributed by atoms with Gasteiger partial charge in [0.2, 0.25) is 0 Å². The van der Waals surface area contributed by atoms with E-state index in [0.717, 1.165) is 34.4 Å². The molecule has 1 fully saturated rings. The highest BCUT2D eigenvalue weighted by atomic mass is 16.1. The quantitative estimate of drug-likeness (QED) is 0.671. The molecule has 29 heavy (non-hydrogen) atoms. The van der Waals surface area contributed by atoms with E-state index in [1.54, 1.807) is 6.33 Å². The summed E-state index contributed by atoms with van der Waals surface area (Å²) in [5.41, 5.74) is 3.16. The third kappa shape index (κ3) is 3.81. The standard InChI is InChI=1S/C23H25N5O/c1-14(2)28-12-18(20-21(24-4)25-13-26-22(20)28)9-8-16-6-5-7-17(11-16)23(29)27-19-10-15(19)3/h5-7,11-15,19H,10H2,1-4H3,(H,27,29)(H,24,25,26)/t15-,19?/m0/s1. The topological polar surface area (TPSA) is 71.8 Å². The lowest BCUT2D eigenvalue weighted by Gasteiger charge is -2.08. The summed E-state index contributed by atoms with van der Waals surface area (Å²) >= 11 is 0. The summed E-state index contributed by atoms with van der Waals surface area (Å²) in [7, 11) is 1.84. The molecule has 148 valence electrons. The maximum atomic E-state index is 12.4. The largest absolute Gasteiger partial charge is 0.372 e. The Hall–Kier alpha value is -3.33. The van der Waals surface area contributed by atoms with E-state index in [2.05, 4.69) is 57.8 Å². The van der Waals surface area contributed by atoms with Gasteiger partial charge in [-0.15, -0.1) is 0 Å². The molecule has 1 saturated carbocycles. The van der Waals surface area contributed by atoms with Crippen molar-refractivity contribution < 1.29 is 4.79 Å². The zero-order valence-corrected chi connectivity index (χ0v) is 17.2. The number of fused-ring (bicyclic) bond motifs is 1. The second kappa shape index (κ2) is 7.59. The van der Waals surface area contributed by atoms with Crippen molar-refractivity contribution in [3.63, 3.8) is 0 Å². The van der Waals surface area contributed by atoms with Crippen molar-refractivity contribution in [3.8, 4) is 11.8 Å². The smallest absolute Gasteiger partial charge is 0.251 e. The number of nitrogens with one attached hydrogen (secondary N) is 2. The zero-order valence-electron chi connectivity index (χ0n) is 17.2. The van der Waals surface area contributed by atoms with Crippen LogP contribution < -0.4 is 10.6 Å². The summed E-state index contributed by atoms with van der Waals surface area (Å²) in [6.07, 6.45) is 4.64. The van der Waals surface area contributed by atoms with E-state index < -0.39 is 0 Å². The molecule has 1 aliphatic carbocycles. The SMILES string of the molecule is CNc1ncnc2c1c(C#Cc1cccc(C(=O)NC3C[C@@H]3C)c1)cn2C(C)C. The number of anilines is 1. The van der Waals surface area contributed by atoms with Gasteiger partial charge in [0.05, 0.1) is 10.9 Å². The van der Waals surface area contributed by atoms with Gasteiger partial charge in [-0.1, -0.05) is 24.8 Å². The van der Waals surface area contributed by atoms with Crippen LogP contribution in [0.25, 0.3) is 11.0 Å². The summed E-state index contributed by atoms with van der Waals surface area (Å²) in [4.78, 5) is 21.2. The van der Waals surface area contributed by atoms with Crippen LogP contribution in [0.15, 0.2) is 36.8 Å². The van der Waals surface area contributed by atoms with Gasteiger partial charge in [-0.25, -0.2) is 9.97 Å². The molecule has 2 aromatic heterocycles. The molecule has 6 nitrogen and oxygen atoms in total. The molecule has 1 aliphatic rings. The third-order valence-corrected chi connectivity index (χ3v) is 5.29. The van der Waals surface area contributed by atoms with Gasteiger partial charge >= 0.3 is 0 Å². The minimum Gasteiger partial charge on any atom is -0.372 e. The molecule has 6 heteroatoms. The highest BCUT2D eigenvalue weighted by molar-refractivity contribution is 5.95. The first-order valence-corrected chi connectivity index (χ1v) is 9.94. The Kier molecular flexibility index (Phi) is 4.98. The molecule has 1 unspecified atom stereocenters. The first-order valence-electron chi connectivity index (χ1n) is 9.94. The maximum Gasteiger partial charge on any atom is 0.251 e. The van der Waals surface area contributed by atoms with Crippen molar-refractivity contribution in [3.05, 3.63) is 53.5 Å². The third-order valence-electron chi connectivity index (χ3n) is 5.29. The highest BCUT2D eigenvalue weighted by Crippen LogP contribution is 2.29.